The summed E-state index contributed by atoms with van der Waals surface area (Å²) in [6, 6.07) is 10.0. The number of nitrogens with two attached hydrogens (primary N) is 1. The average Bonchev–Trinajstić information content (AvgIpc) is 2.56. The van der Waals surface area contributed by atoms with Crippen molar-refractivity contribution in [2.75, 3.05) is 20.3 Å². The maximum absolute atomic E-state index is 12.3. The third-order valence-electron chi connectivity index (χ3n) is 3.67. The minimum absolute atomic E-state index is 0.00861. The molecule has 0 spiro atoms. The molecule has 2 N–H and O–H groups in total. The number of ether oxygens (including phenoxy) is 1. The Kier molecular flexibility index (Phi) is 4.93. The lowest BCUT2D eigenvalue weighted by molar-refractivity contribution is -0.134. The van der Waals surface area contributed by atoms with Gasteiger partial charge in [0.15, 0.2) is 0 Å². The van der Waals surface area contributed by atoms with Gasteiger partial charge in [-0.15, -0.1) is 0 Å². The molecule has 0 saturated carbocycles. The number of hydrogen-bond donors (Lipinski definition) is 1. The zero-order valence-corrected chi connectivity index (χ0v) is 11.4. The quantitative estimate of drug-likeness (QED) is 0.898. The van der Waals surface area contributed by atoms with Gasteiger partial charge in [0.25, 0.3) is 0 Å². The first kappa shape index (κ1) is 14.0. The van der Waals surface area contributed by atoms with Crippen molar-refractivity contribution in [1.82, 2.24) is 4.90 Å². The van der Waals surface area contributed by atoms with Crippen LogP contribution in [0.25, 0.3) is 0 Å². The van der Waals surface area contributed by atoms with Gasteiger partial charge in [0, 0.05) is 26.1 Å². The van der Waals surface area contributed by atoms with Crippen LogP contribution in [0.15, 0.2) is 30.3 Å². The maximum Gasteiger partial charge on any atom is 0.223 e. The van der Waals surface area contributed by atoms with E-state index in [0.717, 1.165) is 18.4 Å². The summed E-state index contributed by atoms with van der Waals surface area (Å²) in [5.74, 6) is 0.179. The summed E-state index contributed by atoms with van der Waals surface area (Å²) in [7, 11) is 1.65. The lowest BCUT2D eigenvalue weighted by atomic mass is 9.96. The molecule has 0 radical (unpaired) electrons. The molecule has 104 valence electrons. The van der Waals surface area contributed by atoms with Crippen molar-refractivity contribution in [1.29, 1.82) is 0 Å². The highest BCUT2D eigenvalue weighted by molar-refractivity contribution is 5.77. The number of benzene rings is 1. The Labute approximate surface area is 114 Å². The van der Waals surface area contributed by atoms with Crippen LogP contribution in [-0.2, 0) is 9.53 Å². The SMILES string of the molecule is COCCN1C(=O)CCCC(N)C1c1ccccc1. The van der Waals surface area contributed by atoms with Gasteiger partial charge in [0.05, 0.1) is 12.6 Å². The molecule has 1 fully saturated rings. The zero-order valence-electron chi connectivity index (χ0n) is 11.4. The highest BCUT2D eigenvalue weighted by Gasteiger charge is 2.32. The molecule has 1 aliphatic rings. The van der Waals surface area contributed by atoms with E-state index in [1.165, 1.54) is 0 Å². The van der Waals surface area contributed by atoms with Crippen LogP contribution in [-0.4, -0.2) is 37.1 Å². The highest BCUT2D eigenvalue weighted by Crippen LogP contribution is 2.29. The van der Waals surface area contributed by atoms with E-state index in [1.54, 1.807) is 7.11 Å². The first-order valence-corrected chi connectivity index (χ1v) is 6.83. The van der Waals surface area contributed by atoms with E-state index in [0.29, 0.717) is 19.6 Å². The number of methoxy groups -OCH3 is 1. The van der Waals surface area contributed by atoms with Crippen molar-refractivity contribution >= 4 is 5.91 Å². The standard InChI is InChI=1S/C15H22N2O2/c1-19-11-10-17-14(18)9-5-8-13(16)15(17)12-6-3-2-4-7-12/h2-4,6-7,13,15H,5,8-11,16H2,1H3. The van der Waals surface area contributed by atoms with Crippen LogP contribution >= 0.6 is 0 Å². The van der Waals surface area contributed by atoms with Crippen LogP contribution in [0.4, 0.5) is 0 Å². The molecule has 2 rings (SSSR count). The Morgan fingerprint density at radius 2 is 2.11 bits per heavy atom. The van der Waals surface area contributed by atoms with E-state index < -0.39 is 0 Å². The number of rotatable bonds is 4. The second-order valence-electron chi connectivity index (χ2n) is 4.99. The number of nitrogens with zero attached hydrogens (tertiary/aromatic N) is 1. The average molecular weight is 262 g/mol. The summed E-state index contributed by atoms with van der Waals surface area (Å²) in [6.07, 6.45) is 2.34. The molecule has 0 aromatic heterocycles. The monoisotopic (exact) mass is 262 g/mol. The molecule has 19 heavy (non-hydrogen) atoms. The first-order valence-electron chi connectivity index (χ1n) is 6.83. The molecule has 1 heterocycles. The van der Waals surface area contributed by atoms with Gasteiger partial charge in [-0.25, -0.2) is 0 Å². The van der Waals surface area contributed by atoms with Crippen molar-refractivity contribution in [3.05, 3.63) is 35.9 Å². The molecule has 4 nitrogen and oxygen atoms in total. The molecule has 2 atom stereocenters. The molecule has 1 aromatic rings. The molecule has 4 heteroatoms. The number of carbonyl (C=O) groups excluding carboxylic acids is 1. The Balaban J connectivity index is 2.28. The predicted octanol–water partition coefficient (Wildman–Crippen LogP) is 1.71. The van der Waals surface area contributed by atoms with Crippen molar-refractivity contribution in [3.63, 3.8) is 0 Å². The Morgan fingerprint density at radius 1 is 1.37 bits per heavy atom. The molecular weight excluding hydrogens is 240 g/mol. The molecule has 1 saturated heterocycles. The largest absolute Gasteiger partial charge is 0.383 e. The smallest absolute Gasteiger partial charge is 0.223 e. The van der Waals surface area contributed by atoms with E-state index >= 15 is 0 Å². The molecule has 1 amide bonds. The Hall–Kier alpha value is -1.39. The minimum atomic E-state index is -0.0358. The maximum atomic E-state index is 12.3. The summed E-state index contributed by atoms with van der Waals surface area (Å²) in [4.78, 5) is 14.1. The third-order valence-corrected chi connectivity index (χ3v) is 3.67. The van der Waals surface area contributed by atoms with Gasteiger partial charge in [-0.05, 0) is 18.4 Å². The third kappa shape index (κ3) is 3.33. The number of hydrogen-bond acceptors (Lipinski definition) is 3. The summed E-state index contributed by atoms with van der Waals surface area (Å²) in [6.45, 7) is 1.14. The first-order chi connectivity index (χ1) is 9.24. The van der Waals surface area contributed by atoms with E-state index in [9.17, 15) is 4.79 Å². The Bertz CT molecular complexity index is 408. The van der Waals surface area contributed by atoms with E-state index in [4.69, 9.17) is 10.5 Å². The fraction of sp³-hybridized carbons (Fsp3) is 0.533. The molecule has 2 unspecified atom stereocenters. The van der Waals surface area contributed by atoms with Crippen LogP contribution < -0.4 is 5.73 Å². The summed E-state index contributed by atoms with van der Waals surface area (Å²) >= 11 is 0. The van der Waals surface area contributed by atoms with Crippen LogP contribution in [0.5, 0.6) is 0 Å². The van der Waals surface area contributed by atoms with Crippen molar-refractivity contribution in [2.24, 2.45) is 5.73 Å². The molecule has 0 bridgehead atoms. The van der Waals surface area contributed by atoms with Crippen LogP contribution in [0.3, 0.4) is 0 Å². The minimum Gasteiger partial charge on any atom is -0.383 e. The molecule has 1 aromatic carbocycles. The molecular formula is C15H22N2O2. The van der Waals surface area contributed by atoms with Gasteiger partial charge in [-0.2, -0.15) is 0 Å². The van der Waals surface area contributed by atoms with Crippen LogP contribution in [0.1, 0.15) is 30.9 Å². The van der Waals surface area contributed by atoms with E-state index in [2.05, 4.69) is 0 Å². The van der Waals surface area contributed by atoms with Gasteiger partial charge in [-0.3, -0.25) is 4.79 Å². The number of likely N-dealkylation sites (tertiary alicyclic amines) is 1. The number of amides is 1. The van der Waals surface area contributed by atoms with Gasteiger partial charge >= 0.3 is 0 Å². The summed E-state index contributed by atoms with van der Waals surface area (Å²) in [5, 5.41) is 0. The lowest BCUT2D eigenvalue weighted by Crippen LogP contribution is -2.43. The normalized spacial score (nSPS) is 24.3. The Morgan fingerprint density at radius 3 is 2.79 bits per heavy atom. The van der Waals surface area contributed by atoms with Crippen LogP contribution in [0, 0.1) is 0 Å². The van der Waals surface area contributed by atoms with E-state index in [-0.39, 0.29) is 18.0 Å². The van der Waals surface area contributed by atoms with Crippen molar-refractivity contribution < 1.29 is 9.53 Å². The van der Waals surface area contributed by atoms with E-state index in [1.807, 2.05) is 35.2 Å². The van der Waals surface area contributed by atoms with Gasteiger partial charge < -0.3 is 15.4 Å². The number of carbonyl (C=O) groups is 1. The highest BCUT2D eigenvalue weighted by atomic mass is 16.5. The fourth-order valence-electron chi connectivity index (χ4n) is 2.71. The topological polar surface area (TPSA) is 55.6 Å². The second-order valence-corrected chi connectivity index (χ2v) is 4.99. The van der Waals surface area contributed by atoms with Gasteiger partial charge in [0.1, 0.15) is 0 Å². The zero-order chi connectivity index (χ0) is 13.7. The van der Waals surface area contributed by atoms with Gasteiger partial charge in [0.2, 0.25) is 5.91 Å². The van der Waals surface area contributed by atoms with Crippen LogP contribution in [0.2, 0.25) is 0 Å². The molecule has 0 aliphatic carbocycles. The fourth-order valence-corrected chi connectivity index (χ4v) is 2.71. The van der Waals surface area contributed by atoms with Crippen molar-refractivity contribution in [3.8, 4) is 0 Å². The second kappa shape index (κ2) is 6.68. The lowest BCUT2D eigenvalue weighted by Gasteiger charge is -2.33. The van der Waals surface area contributed by atoms with Gasteiger partial charge in [-0.1, -0.05) is 30.3 Å². The summed E-state index contributed by atoms with van der Waals surface area (Å²) in [5.41, 5.74) is 7.41. The summed E-state index contributed by atoms with van der Waals surface area (Å²) < 4.78 is 5.12. The van der Waals surface area contributed by atoms with Crippen molar-refractivity contribution in [2.45, 2.75) is 31.3 Å². The molecule has 1 aliphatic heterocycles. The predicted molar refractivity (Wildman–Crippen MR) is 74.6 cm³/mol.